The molecule has 0 aliphatic carbocycles. The van der Waals surface area contributed by atoms with Crippen molar-refractivity contribution in [2.45, 2.75) is 13.3 Å². The van der Waals surface area contributed by atoms with Gasteiger partial charge in [-0.25, -0.2) is 0 Å². The van der Waals surface area contributed by atoms with E-state index in [1.54, 1.807) is 35.1 Å². The Balaban J connectivity index is 2.06. The molecule has 1 aromatic rings. The first-order chi connectivity index (χ1) is 12.5. The minimum absolute atomic E-state index is 0.0383. The van der Waals surface area contributed by atoms with Crippen molar-refractivity contribution in [2.75, 3.05) is 51.8 Å². The Morgan fingerprint density at radius 3 is 2.38 bits per heavy atom. The van der Waals surface area contributed by atoms with Crippen LogP contribution in [0.2, 0.25) is 0 Å². The molecule has 1 fully saturated rings. The van der Waals surface area contributed by atoms with Gasteiger partial charge in [-0.2, -0.15) is 0 Å². The van der Waals surface area contributed by atoms with Crippen LogP contribution in [-0.2, 0) is 14.4 Å². The molecule has 1 aliphatic rings. The van der Waals surface area contributed by atoms with Crippen LogP contribution in [0.1, 0.15) is 13.3 Å². The smallest absolute Gasteiger partial charge is 0.224 e. The standard InChI is InChI=1S/C18H25N3O5/c1-14(23)21(16-12-15(25-2)4-5-17(16)26-3)7-6-18(24)20-10-8-19(13-22)9-11-20/h4-5,12-13H,6-11H2,1-3H3. The Labute approximate surface area is 153 Å². The molecule has 1 saturated heterocycles. The summed E-state index contributed by atoms with van der Waals surface area (Å²) in [6.07, 6.45) is 0.995. The maximum absolute atomic E-state index is 12.5. The monoisotopic (exact) mass is 363 g/mol. The summed E-state index contributed by atoms with van der Waals surface area (Å²) in [4.78, 5) is 40.2. The van der Waals surface area contributed by atoms with E-state index in [1.165, 1.54) is 18.9 Å². The molecule has 26 heavy (non-hydrogen) atoms. The van der Waals surface area contributed by atoms with Gasteiger partial charge in [0.15, 0.2) is 0 Å². The molecule has 0 aromatic heterocycles. The number of amides is 3. The van der Waals surface area contributed by atoms with Crippen molar-refractivity contribution >= 4 is 23.9 Å². The predicted molar refractivity (Wildman–Crippen MR) is 96.4 cm³/mol. The predicted octanol–water partition coefficient (Wildman–Crippen LogP) is 0.747. The van der Waals surface area contributed by atoms with E-state index in [0.29, 0.717) is 43.4 Å². The number of nitrogens with zero attached hydrogens (tertiary/aromatic N) is 3. The second-order valence-corrected chi connectivity index (χ2v) is 5.98. The van der Waals surface area contributed by atoms with Crippen LogP contribution < -0.4 is 14.4 Å². The van der Waals surface area contributed by atoms with E-state index in [4.69, 9.17) is 9.47 Å². The van der Waals surface area contributed by atoms with Crippen molar-refractivity contribution in [2.24, 2.45) is 0 Å². The number of carbonyl (C=O) groups is 3. The van der Waals surface area contributed by atoms with E-state index >= 15 is 0 Å². The molecule has 1 aliphatic heterocycles. The lowest BCUT2D eigenvalue weighted by Crippen LogP contribution is -2.48. The zero-order chi connectivity index (χ0) is 19.1. The summed E-state index contributed by atoms with van der Waals surface area (Å²) in [5, 5.41) is 0. The Morgan fingerprint density at radius 1 is 1.15 bits per heavy atom. The fourth-order valence-electron chi connectivity index (χ4n) is 2.90. The van der Waals surface area contributed by atoms with Crippen molar-refractivity contribution in [1.29, 1.82) is 0 Å². The number of anilines is 1. The Morgan fingerprint density at radius 2 is 1.85 bits per heavy atom. The van der Waals surface area contributed by atoms with E-state index in [-0.39, 0.29) is 24.8 Å². The summed E-state index contributed by atoms with van der Waals surface area (Å²) < 4.78 is 10.6. The number of ether oxygens (including phenoxy) is 2. The number of hydrogen-bond donors (Lipinski definition) is 0. The number of piperazine rings is 1. The van der Waals surface area contributed by atoms with Crippen LogP contribution >= 0.6 is 0 Å². The molecule has 0 saturated carbocycles. The van der Waals surface area contributed by atoms with Crippen molar-refractivity contribution in [3.8, 4) is 11.5 Å². The summed E-state index contributed by atoms with van der Waals surface area (Å²) in [6.45, 7) is 3.79. The van der Waals surface area contributed by atoms with Crippen LogP contribution in [0.5, 0.6) is 11.5 Å². The van der Waals surface area contributed by atoms with E-state index < -0.39 is 0 Å². The number of hydrogen-bond acceptors (Lipinski definition) is 5. The van der Waals surface area contributed by atoms with Crippen molar-refractivity contribution in [3.63, 3.8) is 0 Å². The summed E-state index contributed by atoms with van der Waals surface area (Å²) in [7, 11) is 3.08. The number of carbonyl (C=O) groups excluding carboxylic acids is 3. The number of benzene rings is 1. The van der Waals surface area contributed by atoms with Gasteiger partial charge in [0.25, 0.3) is 0 Å². The van der Waals surface area contributed by atoms with Gasteiger partial charge >= 0.3 is 0 Å². The number of methoxy groups -OCH3 is 2. The van der Waals surface area contributed by atoms with Crippen LogP contribution in [0.15, 0.2) is 18.2 Å². The molecule has 0 atom stereocenters. The second-order valence-electron chi connectivity index (χ2n) is 5.98. The fraction of sp³-hybridized carbons (Fsp3) is 0.500. The first-order valence-electron chi connectivity index (χ1n) is 8.47. The van der Waals surface area contributed by atoms with Gasteiger partial charge in [0, 0.05) is 52.1 Å². The van der Waals surface area contributed by atoms with E-state index in [9.17, 15) is 14.4 Å². The maximum atomic E-state index is 12.5. The van der Waals surface area contributed by atoms with Crippen molar-refractivity contribution < 1.29 is 23.9 Å². The van der Waals surface area contributed by atoms with Crippen LogP contribution in [0.3, 0.4) is 0 Å². The van der Waals surface area contributed by atoms with E-state index in [0.717, 1.165) is 6.41 Å². The van der Waals surface area contributed by atoms with Crippen molar-refractivity contribution in [1.82, 2.24) is 9.80 Å². The highest BCUT2D eigenvalue weighted by molar-refractivity contribution is 5.94. The summed E-state index contributed by atoms with van der Waals surface area (Å²) in [6, 6.07) is 5.19. The molecule has 1 heterocycles. The van der Waals surface area contributed by atoms with Crippen LogP contribution in [-0.4, -0.2) is 75.0 Å². The number of rotatable bonds is 7. The lowest BCUT2D eigenvalue weighted by molar-refractivity contribution is -0.135. The normalized spacial score (nSPS) is 14.0. The molecule has 0 N–H and O–H groups in total. The molecule has 0 unspecified atom stereocenters. The molecule has 0 spiro atoms. The third-order valence-electron chi connectivity index (χ3n) is 4.42. The molecule has 8 nitrogen and oxygen atoms in total. The third-order valence-corrected chi connectivity index (χ3v) is 4.42. The summed E-state index contributed by atoms with van der Waals surface area (Å²) in [5.74, 6) is 0.912. The minimum atomic E-state index is -0.185. The van der Waals surface area contributed by atoms with Gasteiger partial charge in [-0.1, -0.05) is 0 Å². The molecule has 0 bridgehead atoms. The lowest BCUT2D eigenvalue weighted by Gasteiger charge is -2.33. The fourth-order valence-corrected chi connectivity index (χ4v) is 2.90. The highest BCUT2D eigenvalue weighted by Crippen LogP contribution is 2.32. The van der Waals surface area contributed by atoms with E-state index in [1.807, 2.05) is 0 Å². The van der Waals surface area contributed by atoms with Gasteiger partial charge in [0.2, 0.25) is 18.2 Å². The van der Waals surface area contributed by atoms with Gasteiger partial charge in [-0.3, -0.25) is 14.4 Å². The summed E-state index contributed by atoms with van der Waals surface area (Å²) in [5.41, 5.74) is 0.568. The molecule has 142 valence electrons. The molecule has 3 amide bonds. The zero-order valence-electron chi connectivity index (χ0n) is 15.4. The maximum Gasteiger partial charge on any atom is 0.224 e. The molecule has 0 radical (unpaired) electrons. The summed E-state index contributed by atoms with van der Waals surface area (Å²) >= 11 is 0. The third kappa shape index (κ3) is 4.65. The molecule has 2 rings (SSSR count). The Hall–Kier alpha value is -2.77. The highest BCUT2D eigenvalue weighted by Gasteiger charge is 2.23. The van der Waals surface area contributed by atoms with Gasteiger partial charge in [-0.05, 0) is 12.1 Å². The average molecular weight is 363 g/mol. The molecular weight excluding hydrogens is 338 g/mol. The van der Waals surface area contributed by atoms with Gasteiger partial charge in [0.05, 0.1) is 19.9 Å². The van der Waals surface area contributed by atoms with Gasteiger partial charge in [0.1, 0.15) is 11.5 Å². The molecule has 1 aromatic carbocycles. The quantitative estimate of drug-likeness (QED) is 0.668. The Kier molecular flexibility index (Phi) is 6.82. The average Bonchev–Trinajstić information content (AvgIpc) is 2.67. The first kappa shape index (κ1) is 19.6. The SMILES string of the molecule is COc1ccc(OC)c(N(CCC(=O)N2CCN(C=O)CC2)C(C)=O)c1. The van der Waals surface area contributed by atoms with Crippen molar-refractivity contribution in [3.05, 3.63) is 18.2 Å². The highest BCUT2D eigenvalue weighted by atomic mass is 16.5. The zero-order valence-corrected chi connectivity index (χ0v) is 15.4. The Bertz CT molecular complexity index is 656. The van der Waals surface area contributed by atoms with Crippen LogP contribution in [0, 0.1) is 0 Å². The molecule has 8 heteroatoms. The van der Waals surface area contributed by atoms with Gasteiger partial charge in [-0.15, -0.1) is 0 Å². The van der Waals surface area contributed by atoms with Gasteiger partial charge < -0.3 is 24.2 Å². The van der Waals surface area contributed by atoms with Crippen LogP contribution in [0.25, 0.3) is 0 Å². The second kappa shape index (κ2) is 9.07. The van der Waals surface area contributed by atoms with E-state index in [2.05, 4.69) is 0 Å². The van der Waals surface area contributed by atoms with Crippen LogP contribution in [0.4, 0.5) is 5.69 Å². The largest absolute Gasteiger partial charge is 0.497 e. The first-order valence-corrected chi connectivity index (χ1v) is 8.47. The molecular formula is C18H25N3O5. The minimum Gasteiger partial charge on any atom is -0.497 e. The lowest BCUT2D eigenvalue weighted by atomic mass is 10.2. The topological polar surface area (TPSA) is 79.4 Å².